The van der Waals surface area contributed by atoms with Gasteiger partial charge in [-0.3, -0.25) is 9.59 Å². The molecule has 10 heteroatoms. The van der Waals surface area contributed by atoms with Crippen molar-refractivity contribution in [1.29, 1.82) is 0 Å². The summed E-state index contributed by atoms with van der Waals surface area (Å²) < 4.78 is 26.9. The third kappa shape index (κ3) is 4.66. The number of aromatic amines is 1. The summed E-state index contributed by atoms with van der Waals surface area (Å²) in [5.41, 5.74) is 6.76. The highest BCUT2D eigenvalue weighted by Gasteiger charge is 2.27. The second kappa shape index (κ2) is 9.86. The lowest BCUT2D eigenvalue weighted by atomic mass is 9.98. The summed E-state index contributed by atoms with van der Waals surface area (Å²) >= 11 is 0. The van der Waals surface area contributed by atoms with Crippen molar-refractivity contribution in [2.45, 2.75) is 18.7 Å². The highest BCUT2D eigenvalue weighted by molar-refractivity contribution is 7.89. The first-order chi connectivity index (χ1) is 18.1. The number of amides is 2. The molecule has 2 amide bonds. The molecule has 3 N–H and O–H groups in total. The van der Waals surface area contributed by atoms with Gasteiger partial charge < -0.3 is 20.1 Å². The monoisotopic (exact) mass is 533 g/mol. The third-order valence-corrected chi connectivity index (χ3v) is 8.74. The van der Waals surface area contributed by atoms with Crippen molar-refractivity contribution in [2.75, 3.05) is 45.6 Å². The molecular formula is C28H31N5O4S. The predicted octanol–water partition coefficient (Wildman–Crippen LogP) is 3.09. The van der Waals surface area contributed by atoms with E-state index in [0.29, 0.717) is 22.4 Å². The van der Waals surface area contributed by atoms with E-state index in [1.54, 1.807) is 12.1 Å². The highest BCUT2D eigenvalue weighted by atomic mass is 32.2. The number of aromatic nitrogens is 1. The Balaban J connectivity index is 1.45. The van der Waals surface area contributed by atoms with E-state index in [4.69, 9.17) is 0 Å². The number of fused-ring (bicyclic) bond motifs is 1. The Kier molecular flexibility index (Phi) is 6.72. The number of anilines is 1. The van der Waals surface area contributed by atoms with E-state index >= 15 is 0 Å². The summed E-state index contributed by atoms with van der Waals surface area (Å²) in [5.74, 6) is -0.248. The number of nitrogens with one attached hydrogen (secondary N) is 3. The molecular weight excluding hydrogens is 502 g/mol. The number of benzene rings is 2. The lowest BCUT2D eigenvalue weighted by Gasteiger charge is -2.32. The van der Waals surface area contributed by atoms with Crippen LogP contribution in [0.5, 0.6) is 0 Å². The molecule has 198 valence electrons. The lowest BCUT2D eigenvalue weighted by molar-refractivity contribution is -0.110. The van der Waals surface area contributed by atoms with Crippen LogP contribution in [-0.4, -0.2) is 75.3 Å². The zero-order valence-corrected chi connectivity index (χ0v) is 22.7. The fraction of sp³-hybridized carbons (Fsp3) is 0.286. The average Bonchev–Trinajstić information content (AvgIpc) is 3.37. The molecule has 0 saturated carbocycles. The number of piperazine rings is 1. The Bertz CT molecular complexity index is 1560. The minimum absolute atomic E-state index is 0.0446. The SMILES string of the molecule is CNS(=O)(=O)c1ccc2c(c1)/C(=C/c1[nH]c(C)c(-c3ccc(C(=O)N4CCN(C)CC4)cc3)c1C)C(=O)N2. The first kappa shape index (κ1) is 25.9. The Morgan fingerprint density at radius 3 is 2.37 bits per heavy atom. The number of hydrogen-bond acceptors (Lipinski definition) is 5. The summed E-state index contributed by atoms with van der Waals surface area (Å²) in [5, 5.41) is 2.81. The molecule has 1 fully saturated rings. The molecule has 1 aromatic heterocycles. The Morgan fingerprint density at radius 2 is 1.71 bits per heavy atom. The molecule has 5 rings (SSSR count). The molecule has 1 saturated heterocycles. The van der Waals surface area contributed by atoms with Gasteiger partial charge in [-0.15, -0.1) is 0 Å². The van der Waals surface area contributed by atoms with Gasteiger partial charge in [-0.25, -0.2) is 13.1 Å². The van der Waals surface area contributed by atoms with Gasteiger partial charge in [0.25, 0.3) is 11.8 Å². The molecule has 0 spiro atoms. The molecule has 38 heavy (non-hydrogen) atoms. The molecule has 3 heterocycles. The zero-order chi connectivity index (χ0) is 27.2. The molecule has 3 aromatic rings. The van der Waals surface area contributed by atoms with E-state index < -0.39 is 10.0 Å². The number of carbonyl (C=O) groups excluding carboxylic acids is 2. The second-order valence-electron chi connectivity index (χ2n) is 9.76. The number of rotatable bonds is 5. The summed E-state index contributed by atoms with van der Waals surface area (Å²) in [6, 6.07) is 12.2. The standard InChI is InChI=1S/C28H31N5O4S/c1-17-25(16-23-22-15-21(38(36,37)29-3)9-10-24(22)31-27(23)34)30-18(2)26(17)19-5-7-20(8-6-19)28(35)33-13-11-32(4)12-14-33/h5-10,15-16,29-30H,11-14H2,1-4H3,(H,31,34)/b23-16-. The average molecular weight is 534 g/mol. The molecule has 0 radical (unpaired) electrons. The maximum absolute atomic E-state index is 12.9. The van der Waals surface area contributed by atoms with Crippen molar-refractivity contribution in [1.82, 2.24) is 19.5 Å². The van der Waals surface area contributed by atoms with Gasteiger partial charge in [-0.05, 0) is 75.5 Å². The van der Waals surface area contributed by atoms with Gasteiger partial charge in [-0.1, -0.05) is 12.1 Å². The normalized spacial score (nSPS) is 17.1. The van der Waals surface area contributed by atoms with Gasteiger partial charge in [0.15, 0.2) is 0 Å². The Hall–Kier alpha value is -3.73. The smallest absolute Gasteiger partial charge is 0.256 e. The number of H-pyrrole nitrogens is 1. The molecule has 9 nitrogen and oxygen atoms in total. The first-order valence-electron chi connectivity index (χ1n) is 12.5. The van der Waals surface area contributed by atoms with Crippen LogP contribution in [0, 0.1) is 13.8 Å². The number of hydrogen-bond donors (Lipinski definition) is 3. The van der Waals surface area contributed by atoms with Crippen molar-refractivity contribution >= 4 is 39.2 Å². The zero-order valence-electron chi connectivity index (χ0n) is 21.9. The van der Waals surface area contributed by atoms with Crippen molar-refractivity contribution in [3.63, 3.8) is 0 Å². The third-order valence-electron chi connectivity index (χ3n) is 7.33. The van der Waals surface area contributed by atoms with E-state index in [-0.39, 0.29) is 16.7 Å². The summed E-state index contributed by atoms with van der Waals surface area (Å²) in [7, 11) is -0.240. The van der Waals surface area contributed by atoms with E-state index in [1.807, 2.05) is 43.0 Å². The van der Waals surface area contributed by atoms with Crippen molar-refractivity contribution in [3.05, 3.63) is 70.5 Å². The van der Waals surface area contributed by atoms with Crippen LogP contribution < -0.4 is 10.0 Å². The van der Waals surface area contributed by atoms with Gasteiger partial charge in [0.1, 0.15) is 0 Å². The lowest BCUT2D eigenvalue weighted by Crippen LogP contribution is -2.47. The maximum atomic E-state index is 12.9. The molecule has 0 bridgehead atoms. The van der Waals surface area contributed by atoms with Gasteiger partial charge in [-0.2, -0.15) is 0 Å². The number of aryl methyl sites for hydroxylation is 1. The van der Waals surface area contributed by atoms with Crippen LogP contribution in [0.25, 0.3) is 22.8 Å². The minimum Gasteiger partial charge on any atom is -0.358 e. The molecule has 2 aliphatic rings. The summed E-state index contributed by atoms with van der Waals surface area (Å²) in [6.45, 7) is 7.14. The van der Waals surface area contributed by atoms with Crippen LogP contribution in [0.2, 0.25) is 0 Å². The van der Waals surface area contributed by atoms with Crippen molar-refractivity contribution in [3.8, 4) is 11.1 Å². The van der Waals surface area contributed by atoms with Crippen molar-refractivity contribution < 1.29 is 18.0 Å². The Labute approximate surface area is 222 Å². The number of carbonyl (C=O) groups is 2. The fourth-order valence-corrected chi connectivity index (χ4v) is 5.82. The Morgan fingerprint density at radius 1 is 1.03 bits per heavy atom. The second-order valence-corrected chi connectivity index (χ2v) is 11.7. The van der Waals surface area contributed by atoms with E-state index in [2.05, 4.69) is 27.0 Å². The fourth-order valence-electron chi connectivity index (χ4n) is 5.06. The predicted molar refractivity (Wildman–Crippen MR) is 148 cm³/mol. The molecule has 0 aliphatic carbocycles. The maximum Gasteiger partial charge on any atom is 0.256 e. The van der Waals surface area contributed by atoms with Crippen LogP contribution in [0.15, 0.2) is 47.4 Å². The number of nitrogens with zero attached hydrogens (tertiary/aromatic N) is 2. The van der Waals surface area contributed by atoms with Crippen LogP contribution in [0.1, 0.15) is 32.9 Å². The molecule has 0 atom stereocenters. The van der Waals surface area contributed by atoms with Crippen LogP contribution in [0.3, 0.4) is 0 Å². The van der Waals surface area contributed by atoms with Crippen LogP contribution in [-0.2, 0) is 14.8 Å². The summed E-state index contributed by atoms with van der Waals surface area (Å²) in [6.07, 6.45) is 1.76. The van der Waals surface area contributed by atoms with E-state index in [0.717, 1.165) is 54.3 Å². The first-order valence-corrected chi connectivity index (χ1v) is 14.0. The summed E-state index contributed by atoms with van der Waals surface area (Å²) in [4.78, 5) is 33.3. The van der Waals surface area contributed by atoms with E-state index in [1.165, 1.54) is 19.2 Å². The van der Waals surface area contributed by atoms with Gasteiger partial charge in [0, 0.05) is 59.9 Å². The van der Waals surface area contributed by atoms with Gasteiger partial charge >= 0.3 is 0 Å². The minimum atomic E-state index is -3.65. The van der Waals surface area contributed by atoms with Gasteiger partial charge in [0.2, 0.25) is 10.0 Å². The molecule has 0 unspecified atom stereocenters. The van der Waals surface area contributed by atoms with Gasteiger partial charge in [0.05, 0.1) is 10.5 Å². The van der Waals surface area contributed by atoms with E-state index in [9.17, 15) is 18.0 Å². The quantitative estimate of drug-likeness (QED) is 0.436. The highest BCUT2D eigenvalue weighted by Crippen LogP contribution is 2.37. The molecule has 2 aliphatic heterocycles. The van der Waals surface area contributed by atoms with Crippen molar-refractivity contribution in [2.24, 2.45) is 0 Å². The topological polar surface area (TPSA) is 115 Å². The van der Waals surface area contributed by atoms with Crippen LogP contribution >= 0.6 is 0 Å². The van der Waals surface area contributed by atoms with Crippen LogP contribution in [0.4, 0.5) is 5.69 Å². The number of sulfonamides is 1. The largest absolute Gasteiger partial charge is 0.358 e. The number of likely N-dealkylation sites (N-methyl/N-ethyl adjacent to an activating group) is 1. The molecule has 2 aromatic carbocycles.